The van der Waals surface area contributed by atoms with Crippen LogP contribution in [-0.4, -0.2) is 24.4 Å². The summed E-state index contributed by atoms with van der Waals surface area (Å²) in [6.07, 6.45) is 0.146. The van der Waals surface area contributed by atoms with E-state index in [-0.39, 0.29) is 6.61 Å². The molecule has 0 aromatic heterocycles. The molecule has 78 valence electrons. The highest BCUT2D eigenvalue weighted by atomic mass is 17.0. The van der Waals surface area contributed by atoms with Gasteiger partial charge in [-0.2, -0.15) is 0 Å². The fourth-order valence-corrected chi connectivity index (χ4v) is 0.780. The van der Waals surface area contributed by atoms with Crippen LogP contribution in [-0.2, 0) is 9.57 Å². The van der Waals surface area contributed by atoms with Crippen molar-refractivity contribution in [2.24, 2.45) is 5.92 Å². The summed E-state index contributed by atoms with van der Waals surface area (Å²) in [5.41, 5.74) is 0. The van der Waals surface area contributed by atoms with Crippen molar-refractivity contribution in [1.82, 2.24) is 0 Å². The van der Waals surface area contributed by atoms with E-state index in [4.69, 9.17) is 4.74 Å². The number of ether oxygens (including phenoxy) is 1. The Bertz CT molecular complexity index is 149. The van der Waals surface area contributed by atoms with Gasteiger partial charge in [-0.1, -0.05) is 20.8 Å². The topological polar surface area (TPSA) is 61.6 Å². The van der Waals surface area contributed by atoms with Gasteiger partial charge in [-0.3, -0.25) is 0 Å². The van der Waals surface area contributed by atoms with E-state index >= 15 is 0 Å². The zero-order valence-corrected chi connectivity index (χ0v) is 8.36. The van der Waals surface area contributed by atoms with Crippen molar-refractivity contribution in [3.63, 3.8) is 0 Å². The number of nitrogens with zero attached hydrogens (tertiary/aromatic N) is 1. The van der Waals surface area contributed by atoms with Crippen molar-refractivity contribution in [2.45, 2.75) is 33.3 Å². The van der Waals surface area contributed by atoms with Crippen LogP contribution in [0.25, 0.3) is 0 Å². The van der Waals surface area contributed by atoms with Gasteiger partial charge >= 0.3 is 0 Å². The minimum Gasteiger partial charge on any atom is -0.379 e. The van der Waals surface area contributed by atoms with Crippen LogP contribution in [0.3, 0.4) is 0 Å². The maximum absolute atomic E-state index is 9.99. The highest BCUT2D eigenvalue weighted by molar-refractivity contribution is 4.51. The molecule has 0 amide bonds. The molecule has 5 nitrogen and oxygen atoms in total. The lowest BCUT2D eigenvalue weighted by atomic mass is 10.2. The largest absolute Gasteiger partial charge is 0.379 e. The van der Waals surface area contributed by atoms with Gasteiger partial charge in [0.25, 0.3) is 5.09 Å². The van der Waals surface area contributed by atoms with Gasteiger partial charge in [0, 0.05) is 6.61 Å². The minimum atomic E-state index is -0.771. The summed E-state index contributed by atoms with van der Waals surface area (Å²) < 4.78 is 5.22. The average molecular weight is 191 g/mol. The Labute approximate surface area is 78.1 Å². The summed E-state index contributed by atoms with van der Waals surface area (Å²) in [4.78, 5) is 14.4. The zero-order chi connectivity index (χ0) is 10.3. The molecule has 0 saturated carbocycles. The molecule has 1 unspecified atom stereocenters. The van der Waals surface area contributed by atoms with Crippen LogP contribution in [0.4, 0.5) is 0 Å². The van der Waals surface area contributed by atoms with E-state index in [1.54, 1.807) is 0 Å². The van der Waals surface area contributed by atoms with Crippen molar-refractivity contribution in [3.8, 4) is 0 Å². The molecule has 0 radical (unpaired) electrons. The highest BCUT2D eigenvalue weighted by Crippen LogP contribution is 2.01. The molecular formula is C8H17NO4. The summed E-state index contributed by atoms with van der Waals surface area (Å²) >= 11 is 0. The molecule has 13 heavy (non-hydrogen) atoms. The molecule has 0 heterocycles. The van der Waals surface area contributed by atoms with E-state index < -0.39 is 11.2 Å². The van der Waals surface area contributed by atoms with Gasteiger partial charge in [-0.25, -0.2) is 0 Å². The fraction of sp³-hybridized carbons (Fsp3) is 1.00. The smallest absolute Gasteiger partial charge is 0.294 e. The first-order valence-corrected chi connectivity index (χ1v) is 4.45. The van der Waals surface area contributed by atoms with Crippen molar-refractivity contribution in [1.29, 1.82) is 0 Å². The molecule has 0 bridgehead atoms. The molecule has 0 aliphatic rings. The third-order valence-electron chi connectivity index (χ3n) is 1.45. The SMILES string of the molecule is CCC(COCC(C)C)O[N+](=O)[O-]. The normalized spacial score (nSPS) is 12.9. The van der Waals surface area contributed by atoms with Crippen LogP contribution in [0.1, 0.15) is 27.2 Å². The minimum absolute atomic E-state index is 0.287. The van der Waals surface area contributed by atoms with Crippen LogP contribution in [0.15, 0.2) is 0 Å². The van der Waals surface area contributed by atoms with Crippen molar-refractivity contribution in [3.05, 3.63) is 10.1 Å². The van der Waals surface area contributed by atoms with Gasteiger partial charge in [0.2, 0.25) is 0 Å². The van der Waals surface area contributed by atoms with Gasteiger partial charge in [-0.15, -0.1) is 10.1 Å². The Morgan fingerprint density at radius 2 is 2.00 bits per heavy atom. The molecule has 0 N–H and O–H groups in total. The molecule has 0 aromatic carbocycles. The van der Waals surface area contributed by atoms with Gasteiger partial charge < -0.3 is 9.57 Å². The molecule has 5 heteroatoms. The van der Waals surface area contributed by atoms with Crippen LogP contribution in [0.2, 0.25) is 0 Å². The van der Waals surface area contributed by atoms with Crippen LogP contribution < -0.4 is 0 Å². The quantitative estimate of drug-likeness (QED) is 0.453. The lowest BCUT2D eigenvalue weighted by molar-refractivity contribution is -0.769. The molecular weight excluding hydrogens is 174 g/mol. The number of hydrogen-bond acceptors (Lipinski definition) is 4. The van der Waals surface area contributed by atoms with E-state index in [2.05, 4.69) is 4.84 Å². The van der Waals surface area contributed by atoms with Crippen molar-refractivity contribution >= 4 is 0 Å². The Hall–Kier alpha value is -0.840. The van der Waals surface area contributed by atoms with Gasteiger partial charge in [0.15, 0.2) is 0 Å². The Morgan fingerprint density at radius 1 is 1.38 bits per heavy atom. The predicted octanol–water partition coefficient (Wildman–Crippen LogP) is 1.65. The van der Waals surface area contributed by atoms with Crippen LogP contribution in [0.5, 0.6) is 0 Å². The fourth-order valence-electron chi connectivity index (χ4n) is 0.780. The Balaban J connectivity index is 3.53. The second-order valence-corrected chi connectivity index (χ2v) is 3.29. The summed E-state index contributed by atoms with van der Waals surface area (Å²) in [6, 6.07) is 0. The Kier molecular flexibility index (Phi) is 6.22. The number of hydrogen-bond donors (Lipinski definition) is 0. The molecule has 0 spiro atoms. The lowest BCUT2D eigenvalue weighted by Gasteiger charge is -2.13. The van der Waals surface area contributed by atoms with Crippen LogP contribution in [0, 0.1) is 16.0 Å². The maximum Gasteiger partial charge on any atom is 0.294 e. The van der Waals surface area contributed by atoms with Crippen molar-refractivity contribution in [2.75, 3.05) is 13.2 Å². The predicted molar refractivity (Wildman–Crippen MR) is 47.8 cm³/mol. The van der Waals surface area contributed by atoms with Gasteiger partial charge in [-0.05, 0) is 12.3 Å². The maximum atomic E-state index is 9.99. The average Bonchev–Trinajstić information content (AvgIpc) is 2.01. The van der Waals surface area contributed by atoms with E-state index in [1.807, 2.05) is 20.8 Å². The van der Waals surface area contributed by atoms with E-state index in [0.717, 1.165) is 0 Å². The first-order valence-electron chi connectivity index (χ1n) is 4.45. The first-order chi connectivity index (χ1) is 6.06. The molecule has 0 fully saturated rings. The lowest BCUT2D eigenvalue weighted by Crippen LogP contribution is -2.23. The molecule has 0 aromatic rings. The third kappa shape index (κ3) is 7.52. The molecule has 0 aliphatic heterocycles. The zero-order valence-electron chi connectivity index (χ0n) is 8.36. The molecule has 0 aliphatic carbocycles. The first kappa shape index (κ1) is 12.2. The van der Waals surface area contributed by atoms with E-state index in [9.17, 15) is 10.1 Å². The monoisotopic (exact) mass is 191 g/mol. The highest BCUT2D eigenvalue weighted by Gasteiger charge is 2.10. The summed E-state index contributed by atoms with van der Waals surface area (Å²) in [7, 11) is 0. The summed E-state index contributed by atoms with van der Waals surface area (Å²) in [5.74, 6) is 0.438. The molecule has 0 saturated heterocycles. The Morgan fingerprint density at radius 3 is 2.38 bits per heavy atom. The van der Waals surface area contributed by atoms with Gasteiger partial charge in [0.1, 0.15) is 6.10 Å². The summed E-state index contributed by atoms with van der Waals surface area (Å²) in [5, 5.41) is 9.22. The second kappa shape index (κ2) is 6.65. The summed E-state index contributed by atoms with van der Waals surface area (Å²) in [6.45, 7) is 6.77. The van der Waals surface area contributed by atoms with E-state index in [0.29, 0.717) is 18.9 Å². The standard InChI is InChI=1S/C8H17NO4/c1-4-8(13-9(10)11)6-12-5-7(2)3/h7-8H,4-6H2,1-3H3. The van der Waals surface area contributed by atoms with Crippen LogP contribution >= 0.6 is 0 Å². The molecule has 0 rings (SSSR count). The van der Waals surface area contributed by atoms with Gasteiger partial charge in [0.05, 0.1) is 6.61 Å². The molecule has 1 atom stereocenters. The van der Waals surface area contributed by atoms with Crippen molar-refractivity contribution < 1.29 is 14.7 Å². The number of rotatable bonds is 7. The van der Waals surface area contributed by atoms with E-state index in [1.165, 1.54) is 0 Å². The second-order valence-electron chi connectivity index (χ2n) is 3.29. The third-order valence-corrected chi connectivity index (χ3v) is 1.45.